The van der Waals surface area contributed by atoms with Gasteiger partial charge < -0.3 is 19.7 Å². The van der Waals surface area contributed by atoms with Crippen LogP contribution < -0.4 is 4.74 Å². The van der Waals surface area contributed by atoms with Gasteiger partial charge in [0, 0.05) is 6.42 Å². The third-order valence-electron chi connectivity index (χ3n) is 4.64. The van der Waals surface area contributed by atoms with Crippen LogP contribution >= 0.6 is 0 Å². The zero-order valence-electron chi connectivity index (χ0n) is 23.8. The van der Waals surface area contributed by atoms with Crippen LogP contribution in [0, 0.1) is 6.92 Å². The summed E-state index contributed by atoms with van der Waals surface area (Å²) in [5, 5.41) is 18.9. The highest BCUT2D eigenvalue weighted by Gasteiger charge is 2.03. The van der Waals surface area contributed by atoms with Crippen LogP contribution in [0.1, 0.15) is 106 Å². The van der Waals surface area contributed by atoms with Crippen molar-refractivity contribution in [2.24, 2.45) is 0 Å². The Labute approximate surface area is 212 Å². The molecule has 0 aromatic heterocycles. The van der Waals surface area contributed by atoms with Crippen LogP contribution in [-0.2, 0) is 4.74 Å². The molecule has 0 aliphatic carbocycles. The van der Waals surface area contributed by atoms with Gasteiger partial charge in [-0.3, -0.25) is 0 Å². The van der Waals surface area contributed by atoms with E-state index < -0.39 is 0 Å². The van der Waals surface area contributed by atoms with E-state index in [0.29, 0.717) is 19.6 Å². The van der Waals surface area contributed by atoms with E-state index in [-0.39, 0.29) is 12.2 Å². The topological polar surface area (TPSA) is 58.9 Å². The Morgan fingerprint density at radius 1 is 0.912 bits per heavy atom. The Morgan fingerprint density at radius 3 is 2.09 bits per heavy atom. The largest absolute Gasteiger partial charge is 0.494 e. The fraction of sp³-hybridized carbons (Fsp3) is 0.667. The van der Waals surface area contributed by atoms with Crippen LogP contribution in [-0.4, -0.2) is 35.6 Å². The molecule has 0 saturated carbocycles. The quantitative estimate of drug-likeness (QED) is 0.159. The minimum Gasteiger partial charge on any atom is -0.494 e. The zero-order valence-corrected chi connectivity index (χ0v) is 23.8. The van der Waals surface area contributed by atoms with E-state index >= 15 is 0 Å². The zero-order chi connectivity index (χ0) is 26.6. The molecule has 0 heterocycles. The molecule has 0 bridgehead atoms. The van der Waals surface area contributed by atoms with Crippen molar-refractivity contribution in [1.29, 1.82) is 0 Å². The van der Waals surface area contributed by atoms with Crippen molar-refractivity contribution in [3.8, 4) is 5.75 Å². The Balaban J connectivity index is -0.000000495. The van der Waals surface area contributed by atoms with E-state index in [1.165, 1.54) is 5.56 Å². The summed E-state index contributed by atoms with van der Waals surface area (Å²) in [6, 6.07) is 7.94. The van der Waals surface area contributed by atoms with Gasteiger partial charge in [-0.25, -0.2) is 0 Å². The molecule has 0 aliphatic rings. The molecular weight excluding hydrogens is 424 g/mol. The maximum atomic E-state index is 9.62. The summed E-state index contributed by atoms with van der Waals surface area (Å²) in [5.41, 5.74) is 1.19. The summed E-state index contributed by atoms with van der Waals surface area (Å²) >= 11 is 0. The third kappa shape index (κ3) is 24.9. The SMILES string of the molecule is C/C=C\C(=C/C)OCCCC(O)CCCC.CC.CC.CCC(O)CCOc1cccc(C)c1. The van der Waals surface area contributed by atoms with Crippen molar-refractivity contribution >= 4 is 0 Å². The lowest BCUT2D eigenvalue weighted by molar-refractivity contribution is 0.131. The lowest BCUT2D eigenvalue weighted by Gasteiger charge is -2.10. The number of aryl methyl sites for hydroxylation is 1. The number of rotatable bonds is 14. The average Bonchev–Trinajstić information content (AvgIpc) is 2.87. The van der Waals surface area contributed by atoms with Crippen molar-refractivity contribution in [3.05, 3.63) is 53.8 Å². The van der Waals surface area contributed by atoms with Gasteiger partial charge >= 0.3 is 0 Å². The molecule has 1 aromatic carbocycles. The number of hydrogen-bond donors (Lipinski definition) is 2. The molecule has 0 fully saturated rings. The summed E-state index contributed by atoms with van der Waals surface area (Å²) in [7, 11) is 0. The van der Waals surface area contributed by atoms with Gasteiger partial charge in [0.05, 0.1) is 25.4 Å². The Kier molecular flexibility index (Phi) is 31.6. The number of hydrogen-bond acceptors (Lipinski definition) is 4. The summed E-state index contributed by atoms with van der Waals surface area (Å²) in [6.45, 7) is 19.4. The monoisotopic (exact) mass is 480 g/mol. The molecule has 4 heteroatoms. The highest BCUT2D eigenvalue weighted by Crippen LogP contribution is 2.13. The van der Waals surface area contributed by atoms with E-state index in [2.05, 4.69) is 6.92 Å². The Hall–Kier alpha value is -1.78. The maximum absolute atomic E-state index is 9.62. The van der Waals surface area contributed by atoms with E-state index in [4.69, 9.17) is 9.47 Å². The van der Waals surface area contributed by atoms with Gasteiger partial charge in [-0.1, -0.05) is 72.6 Å². The first kappa shape index (κ1) is 36.8. The van der Waals surface area contributed by atoms with Crippen molar-refractivity contribution in [2.45, 2.75) is 119 Å². The molecule has 0 spiro atoms. The van der Waals surface area contributed by atoms with Crippen molar-refractivity contribution in [2.75, 3.05) is 13.2 Å². The van der Waals surface area contributed by atoms with Gasteiger partial charge in [0.15, 0.2) is 0 Å². The van der Waals surface area contributed by atoms with Crippen molar-refractivity contribution in [3.63, 3.8) is 0 Å². The normalized spacial score (nSPS) is 12.3. The standard InChI is InChI=1S/C14H26O2.C12H18O2.2C2H6/c1-4-7-10-13(15)11-8-12-16-14(6-3)9-5-2;1-3-11(13)7-8-14-12-6-4-5-10(2)9-12;2*1-2/h5-6,9,13,15H,4,7-8,10-12H2,1-3H3;4-6,9,11,13H,3,7-8H2,1-2H3;2*1-2H3/b9-5-,14-6+;;;. The molecule has 2 atom stereocenters. The maximum Gasteiger partial charge on any atom is 0.119 e. The van der Waals surface area contributed by atoms with Crippen LogP contribution in [0.2, 0.25) is 0 Å². The molecular formula is C30H56O4. The van der Waals surface area contributed by atoms with Crippen molar-refractivity contribution < 1.29 is 19.7 Å². The number of allylic oxidation sites excluding steroid dienone is 3. The lowest BCUT2D eigenvalue weighted by atomic mass is 10.1. The van der Waals surface area contributed by atoms with Gasteiger partial charge in [-0.2, -0.15) is 0 Å². The summed E-state index contributed by atoms with van der Waals surface area (Å²) < 4.78 is 11.0. The highest BCUT2D eigenvalue weighted by molar-refractivity contribution is 5.27. The number of aliphatic hydroxyl groups is 2. The average molecular weight is 481 g/mol. The van der Waals surface area contributed by atoms with Crippen LogP contribution in [0.4, 0.5) is 0 Å². The van der Waals surface area contributed by atoms with Crippen LogP contribution in [0.3, 0.4) is 0 Å². The predicted molar refractivity (Wildman–Crippen MR) is 150 cm³/mol. The fourth-order valence-electron chi connectivity index (χ4n) is 2.71. The number of unbranched alkanes of at least 4 members (excludes halogenated alkanes) is 1. The third-order valence-corrected chi connectivity index (χ3v) is 4.64. The van der Waals surface area contributed by atoms with E-state index in [1.54, 1.807) is 0 Å². The van der Waals surface area contributed by atoms with Crippen molar-refractivity contribution in [1.82, 2.24) is 0 Å². The van der Waals surface area contributed by atoms with Gasteiger partial charge in [-0.15, -0.1) is 0 Å². The second-order valence-electron chi connectivity index (χ2n) is 7.49. The molecule has 1 aromatic rings. The van der Waals surface area contributed by atoms with E-state index in [9.17, 15) is 10.2 Å². The lowest BCUT2D eigenvalue weighted by Crippen LogP contribution is -2.10. The van der Waals surface area contributed by atoms with Gasteiger partial charge in [0.1, 0.15) is 11.5 Å². The molecule has 0 radical (unpaired) electrons. The first-order valence-electron chi connectivity index (χ1n) is 13.4. The van der Waals surface area contributed by atoms with Gasteiger partial charge in [0.25, 0.3) is 0 Å². The second kappa shape index (κ2) is 29.3. The van der Waals surface area contributed by atoms with Crippen LogP contribution in [0.15, 0.2) is 48.3 Å². The molecule has 2 unspecified atom stereocenters. The van der Waals surface area contributed by atoms with Gasteiger partial charge in [-0.05, 0) is 76.3 Å². The Morgan fingerprint density at radius 2 is 1.56 bits per heavy atom. The van der Waals surface area contributed by atoms with E-state index in [1.807, 2.05) is 97.9 Å². The molecule has 0 saturated heterocycles. The van der Waals surface area contributed by atoms with Gasteiger partial charge in [0.2, 0.25) is 0 Å². The summed E-state index contributed by atoms with van der Waals surface area (Å²) in [5.74, 6) is 1.79. The fourth-order valence-corrected chi connectivity index (χ4v) is 2.71. The van der Waals surface area contributed by atoms with E-state index in [0.717, 1.165) is 50.0 Å². The first-order valence-corrected chi connectivity index (χ1v) is 13.4. The predicted octanol–water partition coefficient (Wildman–Crippen LogP) is 8.40. The molecule has 1 rings (SSSR count). The molecule has 4 nitrogen and oxygen atoms in total. The molecule has 0 aliphatic heterocycles. The molecule has 0 amide bonds. The smallest absolute Gasteiger partial charge is 0.119 e. The Bertz CT molecular complexity index is 581. The number of ether oxygens (including phenoxy) is 2. The second-order valence-corrected chi connectivity index (χ2v) is 7.49. The van der Waals surface area contributed by atoms with Crippen LogP contribution in [0.5, 0.6) is 5.75 Å². The minimum atomic E-state index is -0.236. The summed E-state index contributed by atoms with van der Waals surface area (Å²) in [6.07, 6.45) is 11.9. The minimum absolute atomic E-state index is 0.153. The molecule has 34 heavy (non-hydrogen) atoms. The molecule has 200 valence electrons. The number of aliphatic hydroxyl groups excluding tert-OH is 2. The van der Waals surface area contributed by atoms with Crippen LogP contribution in [0.25, 0.3) is 0 Å². The molecule has 2 N–H and O–H groups in total. The first-order chi connectivity index (χ1) is 16.5. The number of benzene rings is 1. The summed E-state index contributed by atoms with van der Waals surface area (Å²) in [4.78, 5) is 0. The highest BCUT2D eigenvalue weighted by atomic mass is 16.5.